The zero-order valence-electron chi connectivity index (χ0n) is 19.9. The van der Waals surface area contributed by atoms with Crippen molar-refractivity contribution in [2.75, 3.05) is 10.6 Å². The highest BCUT2D eigenvalue weighted by molar-refractivity contribution is 6.03. The minimum absolute atomic E-state index is 0.195. The van der Waals surface area contributed by atoms with Crippen molar-refractivity contribution in [1.29, 1.82) is 0 Å². The van der Waals surface area contributed by atoms with E-state index in [1.54, 1.807) is 58.0 Å². The Bertz CT molecular complexity index is 1230. The number of rotatable bonds is 6. The van der Waals surface area contributed by atoms with Gasteiger partial charge in [-0.2, -0.15) is 0 Å². The van der Waals surface area contributed by atoms with Crippen molar-refractivity contribution in [1.82, 2.24) is 0 Å². The Morgan fingerprint density at radius 1 is 0.853 bits per heavy atom. The van der Waals surface area contributed by atoms with Crippen molar-refractivity contribution < 1.29 is 28.6 Å². The van der Waals surface area contributed by atoms with Gasteiger partial charge in [-0.25, -0.2) is 4.79 Å². The van der Waals surface area contributed by atoms with Crippen LogP contribution in [0.4, 0.5) is 16.2 Å². The van der Waals surface area contributed by atoms with Crippen LogP contribution >= 0.6 is 0 Å². The van der Waals surface area contributed by atoms with Crippen LogP contribution in [0.3, 0.4) is 0 Å². The first-order valence-electron chi connectivity index (χ1n) is 10.9. The molecule has 0 aliphatic heterocycles. The highest BCUT2D eigenvalue weighted by Crippen LogP contribution is 2.39. The van der Waals surface area contributed by atoms with Gasteiger partial charge >= 0.3 is 12.1 Å². The van der Waals surface area contributed by atoms with Crippen LogP contribution < -0.4 is 20.1 Å². The molecule has 2 amide bonds. The molecule has 0 saturated heterocycles. The van der Waals surface area contributed by atoms with Gasteiger partial charge in [0.15, 0.2) is 11.5 Å². The molecule has 0 aliphatic rings. The fourth-order valence-corrected chi connectivity index (χ4v) is 3.15. The molecular weight excluding hydrogens is 436 g/mol. The van der Waals surface area contributed by atoms with Crippen LogP contribution in [0.15, 0.2) is 54.6 Å². The highest BCUT2D eigenvalue weighted by Gasteiger charge is 2.18. The van der Waals surface area contributed by atoms with E-state index in [-0.39, 0.29) is 23.8 Å². The van der Waals surface area contributed by atoms with Gasteiger partial charge in [0.05, 0.1) is 5.69 Å². The van der Waals surface area contributed by atoms with Crippen LogP contribution in [-0.2, 0) is 14.3 Å². The predicted molar refractivity (Wildman–Crippen MR) is 131 cm³/mol. The summed E-state index contributed by atoms with van der Waals surface area (Å²) in [7, 11) is 0. The SMILES string of the molecule is CCC(=O)Oc1ccc(NC(C)=O)cc1Oc1ccc(NC(=O)OC(C)(C)C)c2ccccc12. The maximum absolute atomic E-state index is 12.3. The molecule has 0 fully saturated rings. The number of carbonyl (C=O) groups excluding carboxylic acids is 3. The van der Waals surface area contributed by atoms with Crippen molar-refractivity contribution in [3.05, 3.63) is 54.6 Å². The Labute approximate surface area is 198 Å². The largest absolute Gasteiger partial charge is 0.453 e. The quantitative estimate of drug-likeness (QED) is 0.330. The number of hydrogen-bond donors (Lipinski definition) is 2. The molecule has 2 N–H and O–H groups in total. The first-order valence-corrected chi connectivity index (χ1v) is 10.9. The third-order valence-corrected chi connectivity index (χ3v) is 4.52. The monoisotopic (exact) mass is 464 g/mol. The fraction of sp³-hybridized carbons (Fsp3) is 0.269. The average molecular weight is 465 g/mol. The molecule has 0 atom stereocenters. The van der Waals surface area contributed by atoms with Gasteiger partial charge in [-0.1, -0.05) is 31.2 Å². The van der Waals surface area contributed by atoms with Crippen LogP contribution in [0.5, 0.6) is 17.2 Å². The summed E-state index contributed by atoms with van der Waals surface area (Å²) in [5.41, 5.74) is 0.418. The number of carbonyl (C=O) groups is 3. The normalized spacial score (nSPS) is 11.0. The lowest BCUT2D eigenvalue weighted by atomic mass is 10.1. The second kappa shape index (κ2) is 10.2. The van der Waals surface area contributed by atoms with Crippen molar-refractivity contribution in [3.63, 3.8) is 0 Å². The van der Waals surface area contributed by atoms with E-state index < -0.39 is 17.7 Å². The van der Waals surface area contributed by atoms with Gasteiger partial charge in [0.2, 0.25) is 5.91 Å². The molecule has 0 unspecified atom stereocenters. The molecule has 0 aromatic heterocycles. The van der Waals surface area contributed by atoms with Crippen LogP contribution in [0.2, 0.25) is 0 Å². The summed E-state index contributed by atoms with van der Waals surface area (Å²) in [5.74, 6) is 0.289. The van der Waals surface area contributed by atoms with Crippen LogP contribution in [-0.4, -0.2) is 23.6 Å². The molecule has 0 spiro atoms. The number of nitrogens with one attached hydrogen (secondary N) is 2. The molecule has 0 bridgehead atoms. The molecule has 0 heterocycles. The lowest BCUT2D eigenvalue weighted by molar-refractivity contribution is -0.134. The first-order chi connectivity index (χ1) is 16.1. The van der Waals surface area contributed by atoms with Crippen molar-refractivity contribution in [2.24, 2.45) is 0 Å². The first kappa shape index (κ1) is 24.6. The Kier molecular flexibility index (Phi) is 7.40. The molecule has 8 heteroatoms. The molecule has 0 aliphatic carbocycles. The van der Waals surface area contributed by atoms with Crippen LogP contribution in [0.25, 0.3) is 10.8 Å². The number of anilines is 2. The van der Waals surface area contributed by atoms with E-state index >= 15 is 0 Å². The summed E-state index contributed by atoms with van der Waals surface area (Å²) in [6.45, 7) is 8.47. The molecule has 3 aromatic carbocycles. The Balaban J connectivity index is 1.99. The predicted octanol–water partition coefficient (Wildman–Crippen LogP) is 6.25. The molecule has 0 saturated carbocycles. The van der Waals surface area contributed by atoms with Gasteiger partial charge in [-0.15, -0.1) is 0 Å². The van der Waals surface area contributed by atoms with Gasteiger partial charge in [0, 0.05) is 35.9 Å². The van der Waals surface area contributed by atoms with Crippen molar-refractivity contribution in [2.45, 2.75) is 46.6 Å². The van der Waals surface area contributed by atoms with E-state index in [9.17, 15) is 14.4 Å². The minimum Gasteiger partial charge on any atom is -0.453 e. The number of esters is 1. The van der Waals surface area contributed by atoms with E-state index in [2.05, 4.69) is 10.6 Å². The minimum atomic E-state index is -0.631. The van der Waals surface area contributed by atoms with Gasteiger partial charge in [-0.3, -0.25) is 14.9 Å². The lowest BCUT2D eigenvalue weighted by Crippen LogP contribution is -2.27. The topological polar surface area (TPSA) is 103 Å². The van der Waals surface area contributed by atoms with E-state index in [4.69, 9.17) is 14.2 Å². The maximum atomic E-state index is 12.3. The zero-order chi connectivity index (χ0) is 24.9. The van der Waals surface area contributed by atoms with E-state index in [1.807, 2.05) is 24.3 Å². The standard InChI is InChI=1S/C26H28N2O6/c1-6-24(30)33-22-13-11-17(27-16(2)29)15-23(22)32-21-14-12-20(18-9-7-8-10-19(18)21)28-25(31)34-26(3,4)5/h7-15H,6H2,1-5H3,(H,27,29)(H,28,31). The third kappa shape index (κ3) is 6.48. The number of benzene rings is 3. The van der Waals surface area contributed by atoms with Crippen LogP contribution in [0.1, 0.15) is 41.0 Å². The zero-order valence-corrected chi connectivity index (χ0v) is 19.9. The number of amides is 2. The van der Waals surface area contributed by atoms with Gasteiger partial charge in [0.25, 0.3) is 0 Å². The second-order valence-electron chi connectivity index (χ2n) is 8.56. The van der Waals surface area contributed by atoms with Crippen molar-refractivity contribution in [3.8, 4) is 17.2 Å². The van der Waals surface area contributed by atoms with E-state index in [0.717, 1.165) is 5.39 Å². The van der Waals surface area contributed by atoms with Gasteiger partial charge in [-0.05, 0) is 45.0 Å². The molecule has 8 nitrogen and oxygen atoms in total. The number of fused-ring (bicyclic) bond motifs is 1. The molecule has 3 aromatic rings. The summed E-state index contributed by atoms with van der Waals surface area (Å²) in [4.78, 5) is 35.7. The molecule has 0 radical (unpaired) electrons. The Hall–Kier alpha value is -4.07. The van der Waals surface area contributed by atoms with Gasteiger partial charge < -0.3 is 19.5 Å². The van der Waals surface area contributed by atoms with E-state index in [0.29, 0.717) is 22.5 Å². The number of hydrogen-bond acceptors (Lipinski definition) is 6. The van der Waals surface area contributed by atoms with Crippen molar-refractivity contribution >= 4 is 40.1 Å². The maximum Gasteiger partial charge on any atom is 0.412 e. The lowest BCUT2D eigenvalue weighted by Gasteiger charge is -2.20. The Morgan fingerprint density at radius 2 is 1.53 bits per heavy atom. The molecule has 3 rings (SSSR count). The molecule has 34 heavy (non-hydrogen) atoms. The summed E-state index contributed by atoms with van der Waals surface area (Å²) >= 11 is 0. The molecular formula is C26H28N2O6. The summed E-state index contributed by atoms with van der Waals surface area (Å²) in [6, 6.07) is 15.6. The van der Waals surface area contributed by atoms with Gasteiger partial charge in [0.1, 0.15) is 11.4 Å². The summed E-state index contributed by atoms with van der Waals surface area (Å²) in [6.07, 6.45) is -0.371. The summed E-state index contributed by atoms with van der Waals surface area (Å²) < 4.78 is 16.9. The highest BCUT2D eigenvalue weighted by atomic mass is 16.6. The second-order valence-corrected chi connectivity index (χ2v) is 8.56. The average Bonchev–Trinajstić information content (AvgIpc) is 2.75. The molecule has 178 valence electrons. The Morgan fingerprint density at radius 3 is 2.18 bits per heavy atom. The van der Waals surface area contributed by atoms with E-state index in [1.165, 1.54) is 6.92 Å². The third-order valence-electron chi connectivity index (χ3n) is 4.52. The number of ether oxygens (including phenoxy) is 3. The summed E-state index contributed by atoms with van der Waals surface area (Å²) in [5, 5.41) is 6.91. The fourth-order valence-electron chi connectivity index (χ4n) is 3.15. The van der Waals surface area contributed by atoms with Crippen LogP contribution in [0, 0.1) is 0 Å². The smallest absolute Gasteiger partial charge is 0.412 e.